The Morgan fingerprint density at radius 1 is 1.00 bits per heavy atom. The second-order valence-electron chi connectivity index (χ2n) is 4.19. The summed E-state index contributed by atoms with van der Waals surface area (Å²) in [6.45, 7) is 1.69. The normalized spacial score (nSPS) is 11.9. The Labute approximate surface area is 116 Å². The predicted octanol–water partition coefficient (Wildman–Crippen LogP) is 2.65. The molecule has 0 heterocycles. The molecule has 0 bridgehead atoms. The maximum absolute atomic E-state index is 9.69. The monoisotopic (exact) mass is 270 g/mol. The van der Waals surface area contributed by atoms with Crippen molar-refractivity contribution in [2.45, 2.75) is 6.92 Å². The van der Waals surface area contributed by atoms with E-state index in [1.165, 1.54) is 18.3 Å². The maximum atomic E-state index is 9.69. The molecule has 5 nitrogen and oxygen atoms in total. The lowest BCUT2D eigenvalue weighted by atomic mass is 10.1. The molecule has 0 aliphatic carbocycles. The van der Waals surface area contributed by atoms with Crippen LogP contribution in [0.3, 0.4) is 0 Å². The van der Waals surface area contributed by atoms with Crippen molar-refractivity contribution < 1.29 is 15.3 Å². The van der Waals surface area contributed by atoms with E-state index in [-0.39, 0.29) is 17.2 Å². The fourth-order valence-corrected chi connectivity index (χ4v) is 1.65. The zero-order valence-corrected chi connectivity index (χ0v) is 10.9. The zero-order chi connectivity index (χ0) is 14.5. The van der Waals surface area contributed by atoms with Crippen molar-refractivity contribution in [1.82, 2.24) is 0 Å². The molecule has 0 amide bonds. The van der Waals surface area contributed by atoms with Gasteiger partial charge in [0.1, 0.15) is 17.2 Å². The van der Waals surface area contributed by atoms with E-state index in [4.69, 9.17) is 0 Å². The summed E-state index contributed by atoms with van der Waals surface area (Å²) >= 11 is 0. The summed E-state index contributed by atoms with van der Waals surface area (Å²) in [5, 5.41) is 36.3. The van der Waals surface area contributed by atoms with Crippen molar-refractivity contribution in [3.8, 4) is 17.2 Å². The number of para-hydroxylation sites is 1. The van der Waals surface area contributed by atoms with E-state index in [2.05, 4.69) is 10.2 Å². The first-order valence-electron chi connectivity index (χ1n) is 5.96. The number of hydrogen-bond donors (Lipinski definition) is 3. The van der Waals surface area contributed by atoms with Gasteiger partial charge in [0.05, 0.1) is 11.9 Å². The van der Waals surface area contributed by atoms with Crippen molar-refractivity contribution in [3.05, 3.63) is 53.6 Å². The van der Waals surface area contributed by atoms with Gasteiger partial charge in [0, 0.05) is 17.2 Å². The van der Waals surface area contributed by atoms with Crippen molar-refractivity contribution >= 4 is 11.9 Å². The second-order valence-corrected chi connectivity index (χ2v) is 4.19. The highest BCUT2D eigenvalue weighted by molar-refractivity contribution is 6.01. The van der Waals surface area contributed by atoms with E-state index >= 15 is 0 Å². The van der Waals surface area contributed by atoms with Crippen molar-refractivity contribution in [1.29, 1.82) is 0 Å². The van der Waals surface area contributed by atoms with Crippen molar-refractivity contribution in [2.75, 3.05) is 0 Å². The first kappa shape index (κ1) is 13.6. The SMILES string of the molecule is C/C(=N\N=C\c1ccccc1O)c1ccc(O)cc1O. The van der Waals surface area contributed by atoms with Crippen LogP contribution in [0.1, 0.15) is 18.1 Å². The molecule has 20 heavy (non-hydrogen) atoms. The van der Waals surface area contributed by atoms with Gasteiger partial charge in [-0.3, -0.25) is 0 Å². The largest absolute Gasteiger partial charge is 0.508 e. The highest BCUT2D eigenvalue weighted by Gasteiger charge is 2.05. The molecule has 2 aromatic rings. The third kappa shape index (κ3) is 3.14. The quantitative estimate of drug-likeness (QED) is 0.592. The molecular weight excluding hydrogens is 256 g/mol. The number of phenolic OH excluding ortho intramolecular Hbond substituents is 3. The zero-order valence-electron chi connectivity index (χ0n) is 10.9. The highest BCUT2D eigenvalue weighted by atomic mass is 16.3. The number of rotatable bonds is 3. The van der Waals surface area contributed by atoms with E-state index in [0.717, 1.165) is 0 Å². The summed E-state index contributed by atoms with van der Waals surface area (Å²) in [6, 6.07) is 11.0. The first-order valence-corrected chi connectivity index (χ1v) is 5.96. The van der Waals surface area contributed by atoms with Crippen LogP contribution in [0.15, 0.2) is 52.7 Å². The van der Waals surface area contributed by atoms with Gasteiger partial charge in [-0.05, 0) is 31.2 Å². The second kappa shape index (κ2) is 5.88. The third-order valence-electron chi connectivity index (χ3n) is 2.71. The van der Waals surface area contributed by atoms with Crippen LogP contribution in [0.2, 0.25) is 0 Å². The van der Waals surface area contributed by atoms with Gasteiger partial charge in [0.2, 0.25) is 0 Å². The Morgan fingerprint density at radius 3 is 2.45 bits per heavy atom. The molecule has 0 fully saturated rings. The van der Waals surface area contributed by atoms with Crippen molar-refractivity contribution in [3.63, 3.8) is 0 Å². The summed E-state index contributed by atoms with van der Waals surface area (Å²) in [4.78, 5) is 0. The Balaban J connectivity index is 2.21. The minimum absolute atomic E-state index is 0.0169. The lowest BCUT2D eigenvalue weighted by Crippen LogP contribution is -1.94. The molecule has 0 atom stereocenters. The Hall–Kier alpha value is -2.82. The number of phenols is 3. The summed E-state index contributed by atoms with van der Waals surface area (Å²) in [6.07, 6.45) is 1.43. The van der Waals surface area contributed by atoms with E-state index < -0.39 is 0 Å². The summed E-state index contributed by atoms with van der Waals surface area (Å²) < 4.78 is 0. The molecule has 2 aromatic carbocycles. The molecule has 0 saturated heterocycles. The Kier molecular flexibility index (Phi) is 4.00. The predicted molar refractivity (Wildman–Crippen MR) is 77.7 cm³/mol. The average Bonchev–Trinajstić information content (AvgIpc) is 2.40. The van der Waals surface area contributed by atoms with E-state index in [1.54, 1.807) is 37.3 Å². The molecule has 0 unspecified atom stereocenters. The van der Waals surface area contributed by atoms with Crippen LogP contribution < -0.4 is 0 Å². The number of hydrogen-bond acceptors (Lipinski definition) is 5. The van der Waals surface area contributed by atoms with Gasteiger partial charge in [0.15, 0.2) is 0 Å². The highest BCUT2D eigenvalue weighted by Crippen LogP contribution is 2.23. The molecule has 102 valence electrons. The van der Waals surface area contributed by atoms with Gasteiger partial charge in [-0.25, -0.2) is 0 Å². The summed E-state index contributed by atoms with van der Waals surface area (Å²) in [5.74, 6) is 0.0392. The van der Waals surface area contributed by atoms with Crippen LogP contribution in [0.4, 0.5) is 0 Å². The van der Waals surface area contributed by atoms with Crippen LogP contribution in [0.5, 0.6) is 17.2 Å². The molecule has 0 radical (unpaired) electrons. The number of nitrogens with zero attached hydrogens (tertiary/aromatic N) is 2. The molecule has 0 aliphatic heterocycles. The fourth-order valence-electron chi connectivity index (χ4n) is 1.65. The van der Waals surface area contributed by atoms with Gasteiger partial charge in [-0.2, -0.15) is 10.2 Å². The van der Waals surface area contributed by atoms with Crippen molar-refractivity contribution in [2.24, 2.45) is 10.2 Å². The summed E-state index contributed by atoms with van der Waals surface area (Å²) in [5.41, 5.74) is 1.53. The minimum atomic E-state index is -0.0657. The van der Waals surface area contributed by atoms with Crippen LogP contribution in [0, 0.1) is 0 Å². The molecule has 5 heteroatoms. The third-order valence-corrected chi connectivity index (χ3v) is 2.71. The van der Waals surface area contributed by atoms with Crippen LogP contribution in [-0.4, -0.2) is 27.2 Å². The molecule has 2 rings (SSSR count). The minimum Gasteiger partial charge on any atom is -0.508 e. The molecule has 0 spiro atoms. The lowest BCUT2D eigenvalue weighted by molar-refractivity contribution is 0.450. The Morgan fingerprint density at radius 2 is 1.75 bits per heavy atom. The topological polar surface area (TPSA) is 85.4 Å². The van der Waals surface area contributed by atoms with Gasteiger partial charge < -0.3 is 15.3 Å². The standard InChI is InChI=1S/C15H14N2O3/c1-10(13-7-6-12(18)8-15(13)20)17-16-9-11-4-2-3-5-14(11)19/h2-9,18-20H,1H3/b16-9+,17-10+. The first-order chi connectivity index (χ1) is 9.58. The lowest BCUT2D eigenvalue weighted by Gasteiger charge is -2.02. The smallest absolute Gasteiger partial charge is 0.128 e. The van der Waals surface area contributed by atoms with Gasteiger partial charge in [-0.15, -0.1) is 0 Å². The summed E-state index contributed by atoms with van der Waals surface area (Å²) in [7, 11) is 0. The van der Waals surface area contributed by atoms with Crippen LogP contribution in [-0.2, 0) is 0 Å². The van der Waals surface area contributed by atoms with E-state index in [0.29, 0.717) is 16.8 Å². The Bertz CT molecular complexity index is 679. The van der Waals surface area contributed by atoms with Gasteiger partial charge >= 0.3 is 0 Å². The van der Waals surface area contributed by atoms with Crippen LogP contribution >= 0.6 is 0 Å². The van der Waals surface area contributed by atoms with E-state index in [9.17, 15) is 15.3 Å². The molecule has 0 saturated carbocycles. The van der Waals surface area contributed by atoms with Gasteiger partial charge in [0.25, 0.3) is 0 Å². The van der Waals surface area contributed by atoms with Crippen LogP contribution in [0.25, 0.3) is 0 Å². The number of aromatic hydroxyl groups is 3. The molecule has 0 aromatic heterocycles. The maximum Gasteiger partial charge on any atom is 0.128 e. The molecular formula is C15H14N2O3. The van der Waals surface area contributed by atoms with Gasteiger partial charge in [-0.1, -0.05) is 12.1 Å². The fraction of sp³-hybridized carbons (Fsp3) is 0.0667. The molecule has 0 aliphatic rings. The molecule has 3 N–H and O–H groups in total. The number of benzene rings is 2. The van der Waals surface area contributed by atoms with E-state index in [1.807, 2.05) is 0 Å². The average molecular weight is 270 g/mol.